The first-order valence-corrected chi connectivity index (χ1v) is 6.49. The Bertz CT molecular complexity index is 430. The third-order valence-electron chi connectivity index (χ3n) is 3.23. The van der Waals surface area contributed by atoms with Gasteiger partial charge in [-0.05, 0) is 19.2 Å². The molecule has 2 rings (SSSR count). The average molecular weight is 264 g/mol. The molecule has 0 bridgehead atoms. The van der Waals surface area contributed by atoms with Crippen molar-refractivity contribution in [1.82, 2.24) is 15.2 Å². The Hall–Kier alpha value is -1.66. The van der Waals surface area contributed by atoms with E-state index in [4.69, 9.17) is 5.11 Å². The van der Waals surface area contributed by atoms with Gasteiger partial charge in [-0.25, -0.2) is 4.98 Å². The Kier molecular flexibility index (Phi) is 4.70. The highest BCUT2D eigenvalue weighted by molar-refractivity contribution is 5.94. The number of aliphatic hydroxyl groups excluding tert-OH is 1. The lowest BCUT2D eigenvalue weighted by molar-refractivity contribution is 0.0944. The van der Waals surface area contributed by atoms with Crippen LogP contribution in [0.4, 0.5) is 5.82 Å². The fourth-order valence-electron chi connectivity index (χ4n) is 2.04. The summed E-state index contributed by atoms with van der Waals surface area (Å²) < 4.78 is 0. The van der Waals surface area contributed by atoms with Gasteiger partial charge in [0.2, 0.25) is 0 Å². The second kappa shape index (κ2) is 6.49. The highest BCUT2D eigenvalue weighted by atomic mass is 16.3. The Labute approximate surface area is 113 Å². The van der Waals surface area contributed by atoms with Gasteiger partial charge in [-0.15, -0.1) is 0 Å². The monoisotopic (exact) mass is 264 g/mol. The van der Waals surface area contributed by atoms with Gasteiger partial charge < -0.3 is 20.2 Å². The number of likely N-dealkylation sites (N-methyl/N-ethyl adjacent to an activating group) is 1. The summed E-state index contributed by atoms with van der Waals surface area (Å²) in [5.41, 5.74) is 0.581. The van der Waals surface area contributed by atoms with Crippen LogP contribution in [0.25, 0.3) is 0 Å². The van der Waals surface area contributed by atoms with Crippen LogP contribution >= 0.6 is 0 Å². The molecule has 2 heterocycles. The highest BCUT2D eigenvalue weighted by Gasteiger charge is 2.16. The lowest BCUT2D eigenvalue weighted by Gasteiger charge is -2.33. The summed E-state index contributed by atoms with van der Waals surface area (Å²) >= 11 is 0. The molecule has 0 atom stereocenters. The normalized spacial score (nSPS) is 16.4. The van der Waals surface area contributed by atoms with Crippen molar-refractivity contribution >= 4 is 11.7 Å². The fourth-order valence-corrected chi connectivity index (χ4v) is 2.04. The topological polar surface area (TPSA) is 68.7 Å². The molecule has 1 aliphatic rings. The molecule has 6 heteroatoms. The van der Waals surface area contributed by atoms with Gasteiger partial charge in [-0.2, -0.15) is 0 Å². The van der Waals surface area contributed by atoms with E-state index in [-0.39, 0.29) is 19.1 Å². The summed E-state index contributed by atoms with van der Waals surface area (Å²) in [6.45, 7) is 4.06. The molecule has 2 N–H and O–H groups in total. The first kappa shape index (κ1) is 13.8. The molecule has 0 spiro atoms. The van der Waals surface area contributed by atoms with E-state index in [9.17, 15) is 4.79 Å². The number of aromatic nitrogens is 1. The minimum Gasteiger partial charge on any atom is -0.395 e. The molecule has 1 aromatic rings. The maximum absolute atomic E-state index is 11.8. The van der Waals surface area contributed by atoms with Gasteiger partial charge in [-0.3, -0.25) is 4.79 Å². The lowest BCUT2D eigenvalue weighted by atomic mass is 10.2. The number of carbonyl (C=O) groups excluding carboxylic acids is 1. The molecule has 1 amide bonds. The van der Waals surface area contributed by atoms with E-state index >= 15 is 0 Å². The quantitative estimate of drug-likeness (QED) is 0.771. The van der Waals surface area contributed by atoms with Crippen LogP contribution in [0.5, 0.6) is 0 Å². The van der Waals surface area contributed by atoms with Crippen LogP contribution in [0.15, 0.2) is 18.3 Å². The van der Waals surface area contributed by atoms with Gasteiger partial charge >= 0.3 is 0 Å². The Morgan fingerprint density at radius 2 is 2.16 bits per heavy atom. The van der Waals surface area contributed by atoms with Crippen LogP contribution in [-0.4, -0.2) is 67.3 Å². The Balaban J connectivity index is 2.04. The zero-order chi connectivity index (χ0) is 13.7. The van der Waals surface area contributed by atoms with Gasteiger partial charge in [0.25, 0.3) is 5.91 Å². The predicted octanol–water partition coefficient (Wildman–Crippen LogP) is -0.444. The van der Waals surface area contributed by atoms with E-state index in [1.54, 1.807) is 18.3 Å². The largest absolute Gasteiger partial charge is 0.395 e. The molecule has 19 heavy (non-hydrogen) atoms. The second-order valence-corrected chi connectivity index (χ2v) is 4.67. The molecule has 0 radical (unpaired) electrons. The van der Waals surface area contributed by atoms with E-state index in [0.29, 0.717) is 5.56 Å². The van der Waals surface area contributed by atoms with E-state index < -0.39 is 0 Å². The Morgan fingerprint density at radius 3 is 2.84 bits per heavy atom. The minimum absolute atomic E-state index is 0.0534. The molecular weight excluding hydrogens is 244 g/mol. The van der Waals surface area contributed by atoms with Crippen molar-refractivity contribution in [3.05, 3.63) is 23.9 Å². The summed E-state index contributed by atoms with van der Waals surface area (Å²) in [7, 11) is 2.10. The lowest BCUT2D eigenvalue weighted by Crippen LogP contribution is -2.44. The average Bonchev–Trinajstić information content (AvgIpc) is 2.45. The number of rotatable bonds is 4. The summed E-state index contributed by atoms with van der Waals surface area (Å²) in [5.74, 6) is 0.663. The van der Waals surface area contributed by atoms with Crippen LogP contribution in [-0.2, 0) is 0 Å². The van der Waals surface area contributed by atoms with E-state index in [2.05, 4.69) is 27.1 Å². The zero-order valence-corrected chi connectivity index (χ0v) is 11.2. The molecule has 6 nitrogen and oxygen atoms in total. The molecule has 1 aromatic heterocycles. The third kappa shape index (κ3) is 3.65. The van der Waals surface area contributed by atoms with Gasteiger partial charge in [0.1, 0.15) is 5.82 Å². The smallest absolute Gasteiger partial charge is 0.251 e. The first-order valence-electron chi connectivity index (χ1n) is 6.49. The molecule has 1 saturated heterocycles. The van der Waals surface area contributed by atoms with Crippen LogP contribution in [0.3, 0.4) is 0 Å². The molecule has 1 aliphatic heterocycles. The first-order chi connectivity index (χ1) is 9.20. The van der Waals surface area contributed by atoms with Crippen molar-refractivity contribution in [3.63, 3.8) is 0 Å². The summed E-state index contributed by atoms with van der Waals surface area (Å²) in [6, 6.07) is 3.49. The van der Waals surface area contributed by atoms with Crippen LogP contribution < -0.4 is 10.2 Å². The van der Waals surface area contributed by atoms with E-state index in [1.807, 2.05) is 0 Å². The molecular formula is C13H20N4O2. The minimum atomic E-state index is -0.174. The molecule has 0 aliphatic carbocycles. The van der Waals surface area contributed by atoms with Crippen molar-refractivity contribution in [3.8, 4) is 0 Å². The summed E-state index contributed by atoms with van der Waals surface area (Å²) in [5, 5.41) is 11.3. The zero-order valence-electron chi connectivity index (χ0n) is 11.2. The van der Waals surface area contributed by atoms with Crippen LogP contribution in [0.1, 0.15) is 10.4 Å². The highest BCUT2D eigenvalue weighted by Crippen LogP contribution is 2.14. The van der Waals surface area contributed by atoms with Crippen molar-refractivity contribution in [2.24, 2.45) is 0 Å². The van der Waals surface area contributed by atoms with Gasteiger partial charge in [0.05, 0.1) is 6.61 Å². The van der Waals surface area contributed by atoms with Gasteiger partial charge in [-0.1, -0.05) is 0 Å². The van der Waals surface area contributed by atoms with Crippen molar-refractivity contribution in [2.45, 2.75) is 0 Å². The fraction of sp³-hybridized carbons (Fsp3) is 0.538. The number of anilines is 1. The van der Waals surface area contributed by atoms with Crippen molar-refractivity contribution in [2.75, 3.05) is 51.3 Å². The Morgan fingerprint density at radius 1 is 1.42 bits per heavy atom. The molecule has 0 unspecified atom stereocenters. The number of hydrogen-bond donors (Lipinski definition) is 2. The van der Waals surface area contributed by atoms with Gasteiger partial charge in [0, 0.05) is 44.5 Å². The van der Waals surface area contributed by atoms with Crippen LogP contribution in [0, 0.1) is 0 Å². The molecule has 0 saturated carbocycles. The maximum atomic E-state index is 11.8. The molecule has 1 fully saturated rings. The number of pyridine rings is 1. The molecule has 0 aromatic carbocycles. The van der Waals surface area contributed by atoms with Crippen LogP contribution in [0.2, 0.25) is 0 Å². The predicted molar refractivity (Wildman–Crippen MR) is 73.4 cm³/mol. The number of nitrogens with one attached hydrogen (secondary N) is 1. The van der Waals surface area contributed by atoms with E-state index in [1.165, 1.54) is 0 Å². The summed E-state index contributed by atoms with van der Waals surface area (Å²) in [6.07, 6.45) is 1.65. The number of hydrogen-bond acceptors (Lipinski definition) is 5. The maximum Gasteiger partial charge on any atom is 0.251 e. The number of amides is 1. The SMILES string of the molecule is CN1CCN(c2cc(C(=O)NCCO)ccn2)CC1. The van der Waals surface area contributed by atoms with Crippen molar-refractivity contribution in [1.29, 1.82) is 0 Å². The van der Waals surface area contributed by atoms with Crippen molar-refractivity contribution < 1.29 is 9.90 Å². The van der Waals surface area contributed by atoms with E-state index in [0.717, 1.165) is 32.0 Å². The number of piperazine rings is 1. The van der Waals surface area contributed by atoms with Gasteiger partial charge in [0.15, 0.2) is 0 Å². The second-order valence-electron chi connectivity index (χ2n) is 4.67. The number of carbonyl (C=O) groups is 1. The number of aliphatic hydroxyl groups is 1. The molecule has 104 valence electrons. The number of nitrogens with zero attached hydrogens (tertiary/aromatic N) is 3. The standard InChI is InChI=1S/C13H20N4O2/c1-16-5-7-17(8-6-16)12-10-11(2-3-14-12)13(19)15-4-9-18/h2-3,10,18H,4-9H2,1H3,(H,15,19). The third-order valence-corrected chi connectivity index (χ3v) is 3.23. The summed E-state index contributed by atoms with van der Waals surface area (Å²) in [4.78, 5) is 20.6.